The van der Waals surface area contributed by atoms with E-state index >= 15 is 0 Å². The van der Waals surface area contributed by atoms with Gasteiger partial charge in [0.2, 0.25) is 5.91 Å². The molecule has 0 saturated carbocycles. The normalized spacial score (nSPS) is 10.3. The summed E-state index contributed by atoms with van der Waals surface area (Å²) in [6.45, 7) is 1.72. The van der Waals surface area contributed by atoms with Crippen LogP contribution in [0.15, 0.2) is 40.9 Å². The van der Waals surface area contributed by atoms with Crippen LogP contribution in [-0.2, 0) is 4.79 Å². The molecule has 1 N–H and O–H groups in total. The van der Waals surface area contributed by atoms with Gasteiger partial charge in [0.05, 0.1) is 13.7 Å². The Kier molecular flexibility index (Phi) is 6.14. The number of nitrogens with zero attached hydrogens (tertiary/aromatic N) is 1. The smallest absolute Gasteiger partial charge is 0.254 e. The molecule has 0 heterocycles. The molecule has 0 aliphatic carbocycles. The number of methoxy groups -OCH3 is 1. The number of benzene rings is 2. The average molecular weight is 409 g/mol. The molecule has 0 aliphatic rings. The zero-order valence-corrected chi connectivity index (χ0v) is 15.7. The van der Waals surface area contributed by atoms with E-state index in [0.29, 0.717) is 5.69 Å². The van der Waals surface area contributed by atoms with Crippen LogP contribution in [0.1, 0.15) is 15.9 Å². The van der Waals surface area contributed by atoms with Crippen molar-refractivity contribution in [2.24, 2.45) is 0 Å². The van der Waals surface area contributed by atoms with Gasteiger partial charge in [0.15, 0.2) is 11.6 Å². The number of carbonyl (C=O) groups is 2. The standard InChI is InChI=1S/C18H18BrFN2O3/c1-11-8-13(19)5-6-15(11)21-17(23)10-22(2)18(24)12-4-7-16(25-3)14(20)9-12/h4-9H,10H2,1-3H3,(H,21,23). The summed E-state index contributed by atoms with van der Waals surface area (Å²) in [5.74, 6) is -1.36. The van der Waals surface area contributed by atoms with Gasteiger partial charge in [-0.1, -0.05) is 15.9 Å². The SMILES string of the molecule is COc1ccc(C(=O)N(C)CC(=O)Nc2ccc(Br)cc2C)cc1F. The number of hydrogen-bond donors (Lipinski definition) is 1. The molecule has 2 aromatic rings. The fourth-order valence-corrected chi connectivity index (χ4v) is 2.74. The van der Waals surface area contributed by atoms with Crippen LogP contribution in [0.5, 0.6) is 5.75 Å². The molecule has 5 nitrogen and oxygen atoms in total. The molecule has 0 fully saturated rings. The lowest BCUT2D eigenvalue weighted by Crippen LogP contribution is -2.35. The highest BCUT2D eigenvalue weighted by Gasteiger charge is 2.17. The molecular weight excluding hydrogens is 391 g/mol. The quantitative estimate of drug-likeness (QED) is 0.821. The molecule has 2 aromatic carbocycles. The number of nitrogens with one attached hydrogen (secondary N) is 1. The molecule has 2 rings (SSSR count). The Balaban J connectivity index is 2.02. The van der Waals surface area contributed by atoms with Gasteiger partial charge in [0.1, 0.15) is 0 Å². The topological polar surface area (TPSA) is 58.6 Å². The number of amides is 2. The molecule has 0 aromatic heterocycles. The first-order valence-corrected chi connectivity index (χ1v) is 8.26. The fraction of sp³-hybridized carbons (Fsp3) is 0.222. The third-order valence-corrected chi connectivity index (χ3v) is 4.08. The Hall–Kier alpha value is -2.41. The second-order valence-corrected chi connectivity index (χ2v) is 6.43. The Bertz CT molecular complexity index is 811. The van der Waals surface area contributed by atoms with E-state index in [0.717, 1.165) is 16.1 Å². The van der Waals surface area contributed by atoms with Gasteiger partial charge < -0.3 is 15.0 Å². The Morgan fingerprint density at radius 2 is 1.96 bits per heavy atom. The number of likely N-dealkylation sites (N-methyl/N-ethyl adjacent to an activating group) is 1. The zero-order valence-electron chi connectivity index (χ0n) is 14.1. The molecule has 0 saturated heterocycles. The number of carbonyl (C=O) groups excluding carboxylic acids is 2. The third-order valence-electron chi connectivity index (χ3n) is 3.59. The third kappa shape index (κ3) is 4.79. The van der Waals surface area contributed by atoms with Gasteiger partial charge in [-0.15, -0.1) is 0 Å². The number of rotatable bonds is 5. The van der Waals surface area contributed by atoms with E-state index in [4.69, 9.17) is 4.74 Å². The van der Waals surface area contributed by atoms with Crippen LogP contribution in [0.25, 0.3) is 0 Å². The second-order valence-electron chi connectivity index (χ2n) is 5.52. The van der Waals surface area contributed by atoms with Crippen LogP contribution >= 0.6 is 15.9 Å². The highest BCUT2D eigenvalue weighted by molar-refractivity contribution is 9.10. The lowest BCUT2D eigenvalue weighted by atomic mass is 10.2. The summed E-state index contributed by atoms with van der Waals surface area (Å²) >= 11 is 3.36. The summed E-state index contributed by atoms with van der Waals surface area (Å²) in [5.41, 5.74) is 1.71. The van der Waals surface area contributed by atoms with Gasteiger partial charge >= 0.3 is 0 Å². The molecule has 132 valence electrons. The van der Waals surface area contributed by atoms with E-state index in [-0.39, 0.29) is 23.8 Å². The van der Waals surface area contributed by atoms with Crippen molar-refractivity contribution in [3.63, 3.8) is 0 Å². The minimum absolute atomic E-state index is 0.0580. The zero-order chi connectivity index (χ0) is 18.6. The van der Waals surface area contributed by atoms with Crippen LogP contribution in [0, 0.1) is 12.7 Å². The minimum Gasteiger partial charge on any atom is -0.494 e. The summed E-state index contributed by atoms with van der Waals surface area (Å²) in [4.78, 5) is 25.7. The first-order chi connectivity index (χ1) is 11.8. The van der Waals surface area contributed by atoms with E-state index < -0.39 is 11.7 Å². The average Bonchev–Trinajstić information content (AvgIpc) is 2.56. The summed E-state index contributed by atoms with van der Waals surface area (Å²) in [5, 5.41) is 2.76. The molecule has 0 bridgehead atoms. The number of anilines is 1. The maximum Gasteiger partial charge on any atom is 0.254 e. The van der Waals surface area contributed by atoms with Crippen LogP contribution in [0.3, 0.4) is 0 Å². The van der Waals surface area contributed by atoms with Crippen molar-refractivity contribution >= 4 is 33.4 Å². The molecule has 0 unspecified atom stereocenters. The Morgan fingerprint density at radius 1 is 1.24 bits per heavy atom. The van der Waals surface area contributed by atoms with E-state index in [2.05, 4.69) is 21.2 Å². The highest BCUT2D eigenvalue weighted by Crippen LogP contribution is 2.20. The van der Waals surface area contributed by atoms with Gasteiger partial charge in [-0.05, 0) is 48.9 Å². The number of ether oxygens (including phenoxy) is 1. The lowest BCUT2D eigenvalue weighted by molar-refractivity contribution is -0.116. The Labute approximate surface area is 153 Å². The van der Waals surface area contributed by atoms with Crippen LogP contribution in [0.2, 0.25) is 0 Å². The lowest BCUT2D eigenvalue weighted by Gasteiger charge is -2.18. The molecule has 2 amide bonds. The first kappa shape index (κ1) is 18.9. The molecule has 0 spiro atoms. The van der Waals surface area contributed by atoms with Gasteiger partial charge in [-0.3, -0.25) is 9.59 Å². The van der Waals surface area contributed by atoms with E-state index in [1.807, 2.05) is 19.1 Å². The maximum atomic E-state index is 13.7. The maximum absolute atomic E-state index is 13.7. The fourth-order valence-electron chi connectivity index (χ4n) is 2.26. The largest absolute Gasteiger partial charge is 0.494 e. The predicted octanol–water partition coefficient (Wildman–Crippen LogP) is 3.62. The van der Waals surface area contributed by atoms with Crippen molar-refractivity contribution in [2.45, 2.75) is 6.92 Å². The van der Waals surface area contributed by atoms with Crippen molar-refractivity contribution in [1.82, 2.24) is 4.90 Å². The minimum atomic E-state index is -0.628. The van der Waals surface area contributed by atoms with Crippen molar-refractivity contribution in [3.05, 3.63) is 57.8 Å². The van der Waals surface area contributed by atoms with E-state index in [1.165, 1.54) is 31.2 Å². The van der Waals surface area contributed by atoms with Crippen molar-refractivity contribution in [3.8, 4) is 5.75 Å². The molecule has 0 aliphatic heterocycles. The van der Waals surface area contributed by atoms with E-state index in [9.17, 15) is 14.0 Å². The molecule has 0 radical (unpaired) electrons. The number of hydrogen-bond acceptors (Lipinski definition) is 3. The van der Waals surface area contributed by atoms with Crippen LogP contribution < -0.4 is 10.1 Å². The summed E-state index contributed by atoms with van der Waals surface area (Å²) in [7, 11) is 2.83. The van der Waals surface area contributed by atoms with Crippen LogP contribution in [-0.4, -0.2) is 37.4 Å². The molecule has 0 atom stereocenters. The number of aryl methyl sites for hydroxylation is 1. The summed E-state index contributed by atoms with van der Waals surface area (Å²) in [6, 6.07) is 9.40. The second kappa shape index (κ2) is 8.11. The van der Waals surface area contributed by atoms with Crippen molar-refractivity contribution in [1.29, 1.82) is 0 Å². The molecular formula is C18H18BrFN2O3. The molecule has 25 heavy (non-hydrogen) atoms. The summed E-state index contributed by atoms with van der Waals surface area (Å²) in [6.07, 6.45) is 0. The predicted molar refractivity (Wildman–Crippen MR) is 97.4 cm³/mol. The van der Waals surface area contributed by atoms with Crippen molar-refractivity contribution in [2.75, 3.05) is 26.0 Å². The van der Waals surface area contributed by atoms with Crippen LogP contribution in [0.4, 0.5) is 10.1 Å². The molecule has 7 heteroatoms. The Morgan fingerprint density at radius 3 is 2.56 bits per heavy atom. The monoisotopic (exact) mass is 408 g/mol. The van der Waals surface area contributed by atoms with Gasteiger partial charge in [-0.2, -0.15) is 0 Å². The van der Waals surface area contributed by atoms with Crippen molar-refractivity contribution < 1.29 is 18.7 Å². The van der Waals surface area contributed by atoms with Gasteiger partial charge in [0.25, 0.3) is 5.91 Å². The first-order valence-electron chi connectivity index (χ1n) is 7.47. The van der Waals surface area contributed by atoms with E-state index in [1.54, 1.807) is 6.07 Å². The van der Waals surface area contributed by atoms with Gasteiger partial charge in [-0.25, -0.2) is 4.39 Å². The van der Waals surface area contributed by atoms with Gasteiger partial charge in [0, 0.05) is 22.8 Å². The number of halogens is 2. The highest BCUT2D eigenvalue weighted by atomic mass is 79.9. The summed E-state index contributed by atoms with van der Waals surface area (Å²) < 4.78 is 19.5.